The van der Waals surface area contributed by atoms with E-state index in [1.807, 2.05) is 0 Å². The molecule has 1 nitrogen and oxygen atoms in total. The van der Waals surface area contributed by atoms with Gasteiger partial charge in [0.25, 0.3) is 0 Å². The Morgan fingerprint density at radius 1 is 0.667 bits per heavy atom. The molecule has 0 heterocycles. The minimum absolute atomic E-state index is 0.0303. The monoisotopic (exact) mass is 434 g/mol. The Hall–Kier alpha value is -0.630. The van der Waals surface area contributed by atoms with Crippen LogP contribution in [0.15, 0.2) is 23.0 Å². The minimum Gasteiger partial charge on any atom is -0.511 e. The number of hydrogen-bond donors (Lipinski definition) is 1. The molecule has 1 aliphatic rings. The number of aliphatic hydroxyl groups excluding tert-OH is 1. The van der Waals surface area contributed by atoms with E-state index in [1.165, 1.54) is 115 Å². The number of allylic oxidation sites excluding steroid dienone is 4. The lowest BCUT2D eigenvalue weighted by molar-refractivity contribution is 0.363. The van der Waals surface area contributed by atoms with Gasteiger partial charge in [-0.15, -0.1) is 0 Å². The van der Waals surface area contributed by atoms with Gasteiger partial charge in [-0.3, -0.25) is 0 Å². The fourth-order valence-electron chi connectivity index (χ4n) is 4.51. The lowest BCUT2D eigenvalue weighted by atomic mass is 9.85. The van der Waals surface area contributed by atoms with Gasteiger partial charge < -0.3 is 5.11 Å². The van der Waals surface area contributed by atoms with Crippen molar-refractivity contribution in [3.63, 3.8) is 0 Å². The molecule has 2 heteroatoms. The van der Waals surface area contributed by atoms with E-state index in [2.05, 4.69) is 26.8 Å². The Morgan fingerprint density at radius 2 is 1.07 bits per heavy atom. The van der Waals surface area contributed by atoms with Crippen molar-refractivity contribution in [2.45, 2.75) is 143 Å². The van der Waals surface area contributed by atoms with Crippen molar-refractivity contribution < 1.29 is 5.11 Å². The van der Waals surface area contributed by atoms with E-state index in [1.54, 1.807) is 0 Å². The molecule has 30 heavy (non-hydrogen) atoms. The molecule has 0 saturated carbocycles. The van der Waals surface area contributed by atoms with Crippen LogP contribution in [0, 0.1) is 5.92 Å². The van der Waals surface area contributed by atoms with Crippen LogP contribution in [0.25, 0.3) is 0 Å². The van der Waals surface area contributed by atoms with Gasteiger partial charge in [0.1, 0.15) is 5.76 Å². The molecule has 174 valence electrons. The first-order valence-electron chi connectivity index (χ1n) is 13.3. The van der Waals surface area contributed by atoms with E-state index in [0.29, 0.717) is 5.76 Å². The molecule has 0 aromatic rings. The fourth-order valence-corrected chi connectivity index (χ4v) is 4.78. The van der Waals surface area contributed by atoms with E-state index >= 15 is 0 Å². The number of unbranched alkanes of at least 4 members (excludes halogenated alkanes) is 15. The topological polar surface area (TPSA) is 20.2 Å². The van der Waals surface area contributed by atoms with Gasteiger partial charge in [0.2, 0.25) is 0 Å². The zero-order valence-electron chi connectivity index (χ0n) is 20.4. The third kappa shape index (κ3) is 11.7. The molecule has 1 atom stereocenters. The molecule has 0 fully saturated rings. The number of aliphatic hydroxyl groups is 1. The first kappa shape index (κ1) is 27.4. The predicted molar refractivity (Wildman–Crippen MR) is 139 cm³/mol. The van der Waals surface area contributed by atoms with Gasteiger partial charge in [-0.1, -0.05) is 135 Å². The summed E-state index contributed by atoms with van der Waals surface area (Å²) in [5, 5.41) is 10.6. The highest BCUT2D eigenvalue weighted by molar-refractivity contribution is 7.80. The van der Waals surface area contributed by atoms with Crippen LogP contribution in [0.2, 0.25) is 0 Å². The summed E-state index contributed by atoms with van der Waals surface area (Å²) >= 11 is 5.67. The molecule has 1 unspecified atom stereocenters. The van der Waals surface area contributed by atoms with Gasteiger partial charge in [-0.2, -0.15) is 0 Å². The van der Waals surface area contributed by atoms with E-state index in [0.717, 1.165) is 23.3 Å². The molecular weight excluding hydrogens is 384 g/mol. The quantitative estimate of drug-likeness (QED) is 0.161. The molecule has 1 N–H and O–H groups in total. The molecule has 0 radical (unpaired) electrons. The maximum atomic E-state index is 10.6. The first-order valence-corrected chi connectivity index (χ1v) is 13.7. The van der Waals surface area contributed by atoms with Crippen LogP contribution in [-0.4, -0.2) is 9.97 Å². The second-order valence-electron chi connectivity index (χ2n) is 9.47. The molecule has 0 aromatic carbocycles. The highest BCUT2D eigenvalue weighted by Crippen LogP contribution is 2.31. The summed E-state index contributed by atoms with van der Waals surface area (Å²) in [4.78, 5) is 0.977. The minimum atomic E-state index is 0.0303. The summed E-state index contributed by atoms with van der Waals surface area (Å²) in [6, 6.07) is 0. The van der Waals surface area contributed by atoms with Crippen LogP contribution < -0.4 is 0 Å². The molecule has 0 aliphatic heterocycles. The highest BCUT2D eigenvalue weighted by atomic mass is 32.1. The maximum absolute atomic E-state index is 10.6. The Labute approximate surface area is 193 Å². The second kappa shape index (κ2) is 18.0. The van der Waals surface area contributed by atoms with E-state index in [9.17, 15) is 5.11 Å². The van der Waals surface area contributed by atoms with Gasteiger partial charge in [0.05, 0.1) is 0 Å². The normalized spacial score (nSPS) is 17.0. The first-order chi connectivity index (χ1) is 14.6. The second-order valence-corrected chi connectivity index (χ2v) is 9.91. The van der Waals surface area contributed by atoms with E-state index < -0.39 is 0 Å². The van der Waals surface area contributed by atoms with Gasteiger partial charge in [-0.25, -0.2) is 0 Å². The van der Waals surface area contributed by atoms with Gasteiger partial charge in [0.15, 0.2) is 0 Å². The third-order valence-electron chi connectivity index (χ3n) is 6.65. The summed E-state index contributed by atoms with van der Waals surface area (Å²) in [5.74, 6) is 0.571. The molecule has 0 aromatic heterocycles. The average molecular weight is 435 g/mol. The smallest absolute Gasteiger partial charge is 0.103 e. The van der Waals surface area contributed by atoms with E-state index in [4.69, 9.17) is 12.2 Å². The van der Waals surface area contributed by atoms with Crippen molar-refractivity contribution in [3.8, 4) is 0 Å². The van der Waals surface area contributed by atoms with Crippen molar-refractivity contribution in [1.29, 1.82) is 0 Å². The number of thiocarbonyl (C=S) groups is 1. The summed E-state index contributed by atoms with van der Waals surface area (Å²) in [6.07, 6.45) is 27.2. The molecular formula is C28H50OS. The Kier molecular flexibility index (Phi) is 16.4. The molecule has 0 bridgehead atoms. The Bertz CT molecular complexity index is 517. The van der Waals surface area contributed by atoms with Crippen molar-refractivity contribution in [2.75, 3.05) is 0 Å². The predicted octanol–water partition coefficient (Wildman–Crippen LogP) is 10.2. The maximum Gasteiger partial charge on any atom is 0.103 e. The SMILES string of the molecule is CCCCCCCCCCCCC1=C(O)C(C)C(=S)C(CCCCCCCCC)=C1. The van der Waals surface area contributed by atoms with Crippen LogP contribution in [0.1, 0.15) is 143 Å². The van der Waals surface area contributed by atoms with Crippen molar-refractivity contribution in [3.05, 3.63) is 23.0 Å². The summed E-state index contributed by atoms with van der Waals surface area (Å²) < 4.78 is 0. The lowest BCUT2D eigenvalue weighted by Crippen LogP contribution is -2.19. The lowest BCUT2D eigenvalue weighted by Gasteiger charge is -2.24. The summed E-state index contributed by atoms with van der Waals surface area (Å²) in [5.41, 5.74) is 2.49. The van der Waals surface area contributed by atoms with Crippen LogP contribution in [0.4, 0.5) is 0 Å². The zero-order chi connectivity index (χ0) is 22.0. The third-order valence-corrected chi connectivity index (χ3v) is 7.26. The molecule has 1 aliphatic carbocycles. The fraction of sp³-hybridized carbons (Fsp3) is 0.821. The van der Waals surface area contributed by atoms with Gasteiger partial charge >= 0.3 is 0 Å². The molecule has 0 amide bonds. The van der Waals surface area contributed by atoms with Crippen LogP contribution in [-0.2, 0) is 0 Å². The highest BCUT2D eigenvalue weighted by Gasteiger charge is 2.24. The Morgan fingerprint density at radius 3 is 1.53 bits per heavy atom. The van der Waals surface area contributed by atoms with Crippen LogP contribution >= 0.6 is 12.2 Å². The van der Waals surface area contributed by atoms with Crippen molar-refractivity contribution in [2.24, 2.45) is 5.92 Å². The van der Waals surface area contributed by atoms with Crippen LogP contribution in [0.5, 0.6) is 0 Å². The largest absolute Gasteiger partial charge is 0.511 e. The Balaban J connectivity index is 2.26. The summed E-state index contributed by atoms with van der Waals surface area (Å²) in [7, 11) is 0. The number of rotatable bonds is 19. The van der Waals surface area contributed by atoms with E-state index in [-0.39, 0.29) is 5.92 Å². The zero-order valence-corrected chi connectivity index (χ0v) is 21.3. The standard InChI is InChI=1S/C28H50OS/c1-4-6-8-10-12-13-14-16-17-19-21-25-23-26(28(30)24(3)27(25)29)22-20-18-15-11-9-7-5-2/h23-24,29H,4-22H2,1-3H3. The molecule has 1 rings (SSSR count). The molecule has 0 saturated heterocycles. The van der Waals surface area contributed by atoms with Crippen LogP contribution in [0.3, 0.4) is 0 Å². The summed E-state index contributed by atoms with van der Waals surface area (Å²) in [6.45, 7) is 6.63. The molecule has 0 spiro atoms. The average Bonchev–Trinajstić information content (AvgIpc) is 2.75. The number of hydrogen-bond acceptors (Lipinski definition) is 2. The van der Waals surface area contributed by atoms with Crippen molar-refractivity contribution >= 4 is 17.1 Å². The van der Waals surface area contributed by atoms with Gasteiger partial charge in [0, 0.05) is 10.8 Å². The van der Waals surface area contributed by atoms with Crippen molar-refractivity contribution in [1.82, 2.24) is 0 Å². The van der Waals surface area contributed by atoms with Gasteiger partial charge in [-0.05, 0) is 36.8 Å².